The molecule has 126 valence electrons. The van der Waals surface area contributed by atoms with Crippen LogP contribution in [0.2, 0.25) is 0 Å². The topological polar surface area (TPSA) is 98.0 Å². The third-order valence-electron chi connectivity index (χ3n) is 3.39. The fourth-order valence-electron chi connectivity index (χ4n) is 2.25. The Bertz CT molecular complexity index is 785. The van der Waals surface area contributed by atoms with Crippen molar-refractivity contribution in [2.24, 2.45) is 0 Å². The molecule has 0 atom stereocenters. The Kier molecular flexibility index (Phi) is 4.75. The van der Waals surface area contributed by atoms with Gasteiger partial charge in [-0.05, 0) is 29.8 Å². The van der Waals surface area contributed by atoms with Crippen molar-refractivity contribution in [3.63, 3.8) is 0 Å². The fraction of sp³-hybridized carbons (Fsp3) is 0.250. The molecule has 1 aromatic carbocycles. The van der Waals surface area contributed by atoms with Crippen LogP contribution in [0.3, 0.4) is 0 Å². The number of benzene rings is 1. The Morgan fingerprint density at radius 1 is 1.17 bits per heavy atom. The number of fused-ring (bicyclic) bond motifs is 1. The SMILES string of the molecule is O=C(Cc1cc2c(cc1Br)OCCO2)NCc1ccc(C(=O)O)o1. The number of halogens is 1. The Labute approximate surface area is 145 Å². The largest absolute Gasteiger partial charge is 0.486 e. The van der Waals surface area contributed by atoms with E-state index in [0.29, 0.717) is 30.5 Å². The van der Waals surface area contributed by atoms with Crippen molar-refractivity contribution >= 4 is 27.8 Å². The number of hydrogen-bond acceptors (Lipinski definition) is 5. The third-order valence-corrected chi connectivity index (χ3v) is 4.13. The van der Waals surface area contributed by atoms with Crippen LogP contribution in [0.25, 0.3) is 0 Å². The number of carbonyl (C=O) groups is 2. The van der Waals surface area contributed by atoms with E-state index in [1.54, 1.807) is 12.1 Å². The molecule has 0 fully saturated rings. The van der Waals surface area contributed by atoms with Crippen LogP contribution < -0.4 is 14.8 Å². The zero-order valence-corrected chi connectivity index (χ0v) is 14.1. The molecule has 0 saturated carbocycles. The highest BCUT2D eigenvalue weighted by Crippen LogP contribution is 2.35. The predicted molar refractivity (Wildman–Crippen MR) is 86.4 cm³/mol. The van der Waals surface area contributed by atoms with E-state index in [0.717, 1.165) is 10.0 Å². The quantitative estimate of drug-likeness (QED) is 0.806. The second-order valence-corrected chi connectivity index (χ2v) is 5.97. The number of amides is 1. The van der Waals surface area contributed by atoms with Gasteiger partial charge in [-0.2, -0.15) is 0 Å². The molecule has 0 bridgehead atoms. The van der Waals surface area contributed by atoms with E-state index >= 15 is 0 Å². The van der Waals surface area contributed by atoms with Crippen LogP contribution in [0, 0.1) is 0 Å². The molecule has 1 aromatic heterocycles. The maximum Gasteiger partial charge on any atom is 0.371 e. The number of hydrogen-bond donors (Lipinski definition) is 2. The molecule has 1 aliphatic rings. The van der Waals surface area contributed by atoms with E-state index < -0.39 is 5.97 Å². The second-order valence-electron chi connectivity index (χ2n) is 5.11. The third kappa shape index (κ3) is 3.70. The lowest BCUT2D eigenvalue weighted by molar-refractivity contribution is -0.120. The molecule has 24 heavy (non-hydrogen) atoms. The van der Waals surface area contributed by atoms with Gasteiger partial charge in [-0.3, -0.25) is 4.79 Å². The Morgan fingerprint density at radius 2 is 1.88 bits per heavy atom. The summed E-state index contributed by atoms with van der Waals surface area (Å²) in [4.78, 5) is 22.8. The molecule has 2 N–H and O–H groups in total. The van der Waals surface area contributed by atoms with Gasteiger partial charge in [0.1, 0.15) is 19.0 Å². The smallest absolute Gasteiger partial charge is 0.371 e. The van der Waals surface area contributed by atoms with Gasteiger partial charge in [0, 0.05) is 4.47 Å². The monoisotopic (exact) mass is 395 g/mol. The highest BCUT2D eigenvalue weighted by atomic mass is 79.9. The summed E-state index contributed by atoms with van der Waals surface area (Å²) in [5, 5.41) is 11.5. The number of nitrogens with one attached hydrogen (secondary N) is 1. The molecule has 1 amide bonds. The molecule has 7 nitrogen and oxygen atoms in total. The Balaban J connectivity index is 1.61. The van der Waals surface area contributed by atoms with Gasteiger partial charge in [-0.25, -0.2) is 4.79 Å². The van der Waals surface area contributed by atoms with E-state index in [9.17, 15) is 9.59 Å². The average Bonchev–Trinajstić information content (AvgIpc) is 3.03. The van der Waals surface area contributed by atoms with E-state index in [-0.39, 0.29) is 24.6 Å². The van der Waals surface area contributed by atoms with Crippen molar-refractivity contribution in [3.05, 3.63) is 45.8 Å². The summed E-state index contributed by atoms with van der Waals surface area (Å²) >= 11 is 3.42. The van der Waals surface area contributed by atoms with Gasteiger partial charge in [0.15, 0.2) is 11.5 Å². The van der Waals surface area contributed by atoms with Gasteiger partial charge in [0.05, 0.1) is 13.0 Å². The molecule has 0 spiro atoms. The second kappa shape index (κ2) is 6.96. The first-order valence-corrected chi connectivity index (χ1v) is 7.99. The molecule has 3 rings (SSSR count). The highest BCUT2D eigenvalue weighted by molar-refractivity contribution is 9.10. The first kappa shape index (κ1) is 16.4. The average molecular weight is 396 g/mol. The molecule has 0 radical (unpaired) electrons. The summed E-state index contributed by atoms with van der Waals surface area (Å²) in [5.74, 6) is 0.114. The van der Waals surface area contributed by atoms with Gasteiger partial charge < -0.3 is 24.3 Å². The predicted octanol–water partition coefficient (Wildman–Crippen LogP) is 2.37. The number of carbonyl (C=O) groups excluding carboxylic acids is 1. The standard InChI is InChI=1S/C16H14BrNO6/c17-11-7-14-13(22-3-4-23-14)5-9(11)6-15(19)18-8-10-1-2-12(24-10)16(20)21/h1-2,5,7H,3-4,6,8H2,(H,18,19)(H,20,21). The van der Waals surface area contributed by atoms with E-state index in [1.807, 2.05) is 0 Å². The minimum atomic E-state index is -1.15. The number of aromatic carboxylic acids is 1. The summed E-state index contributed by atoms with van der Waals surface area (Å²) in [6.45, 7) is 1.10. The zero-order chi connectivity index (χ0) is 17.1. The highest BCUT2D eigenvalue weighted by Gasteiger charge is 2.17. The van der Waals surface area contributed by atoms with Crippen LogP contribution in [-0.2, 0) is 17.8 Å². The number of carboxylic acids is 1. The maximum atomic E-state index is 12.1. The van der Waals surface area contributed by atoms with Crippen LogP contribution in [-0.4, -0.2) is 30.2 Å². The summed E-state index contributed by atoms with van der Waals surface area (Å²) in [6, 6.07) is 6.42. The lowest BCUT2D eigenvalue weighted by atomic mass is 10.1. The lowest BCUT2D eigenvalue weighted by Gasteiger charge is -2.19. The molecule has 0 aliphatic carbocycles. The summed E-state index contributed by atoms with van der Waals surface area (Å²) in [6.07, 6.45) is 0.143. The van der Waals surface area contributed by atoms with Crippen molar-refractivity contribution in [2.45, 2.75) is 13.0 Å². The van der Waals surface area contributed by atoms with Crippen LogP contribution in [0.4, 0.5) is 0 Å². The van der Waals surface area contributed by atoms with Gasteiger partial charge in [0.25, 0.3) is 0 Å². The van der Waals surface area contributed by atoms with Crippen LogP contribution in [0.5, 0.6) is 11.5 Å². The number of rotatable bonds is 5. The normalized spacial score (nSPS) is 12.7. The van der Waals surface area contributed by atoms with E-state index in [2.05, 4.69) is 21.2 Å². The van der Waals surface area contributed by atoms with E-state index in [1.165, 1.54) is 12.1 Å². The first-order chi connectivity index (χ1) is 11.5. The molecular weight excluding hydrogens is 382 g/mol. The fourth-order valence-corrected chi connectivity index (χ4v) is 2.71. The molecule has 8 heteroatoms. The van der Waals surface area contributed by atoms with Crippen molar-refractivity contribution < 1.29 is 28.6 Å². The maximum absolute atomic E-state index is 12.1. The first-order valence-electron chi connectivity index (χ1n) is 7.19. The Morgan fingerprint density at radius 3 is 2.54 bits per heavy atom. The molecular formula is C16H14BrNO6. The van der Waals surface area contributed by atoms with Gasteiger partial charge in [-0.15, -0.1) is 0 Å². The molecule has 2 aromatic rings. The summed E-state index contributed by atoms with van der Waals surface area (Å²) < 4.78 is 16.8. The van der Waals surface area contributed by atoms with Crippen molar-refractivity contribution in [1.82, 2.24) is 5.32 Å². The van der Waals surface area contributed by atoms with Gasteiger partial charge in [0.2, 0.25) is 11.7 Å². The van der Waals surface area contributed by atoms with Gasteiger partial charge in [-0.1, -0.05) is 15.9 Å². The van der Waals surface area contributed by atoms with Crippen molar-refractivity contribution in [1.29, 1.82) is 0 Å². The van der Waals surface area contributed by atoms with Crippen LogP contribution in [0.1, 0.15) is 21.9 Å². The number of carboxylic acid groups (broad SMARTS) is 1. The molecule has 1 aliphatic heterocycles. The van der Waals surface area contributed by atoms with Crippen LogP contribution >= 0.6 is 15.9 Å². The molecule has 0 unspecified atom stereocenters. The van der Waals surface area contributed by atoms with E-state index in [4.69, 9.17) is 19.0 Å². The number of furan rings is 1. The number of ether oxygens (including phenoxy) is 2. The van der Waals surface area contributed by atoms with Crippen molar-refractivity contribution in [2.75, 3.05) is 13.2 Å². The Hall–Kier alpha value is -2.48. The zero-order valence-electron chi connectivity index (χ0n) is 12.5. The minimum absolute atomic E-state index is 0.119. The lowest BCUT2D eigenvalue weighted by Crippen LogP contribution is -2.24. The van der Waals surface area contributed by atoms with Crippen molar-refractivity contribution in [3.8, 4) is 11.5 Å². The van der Waals surface area contributed by atoms with Gasteiger partial charge >= 0.3 is 5.97 Å². The minimum Gasteiger partial charge on any atom is -0.486 e. The summed E-state index contributed by atoms with van der Waals surface area (Å²) in [5.41, 5.74) is 0.766. The summed E-state index contributed by atoms with van der Waals surface area (Å²) in [7, 11) is 0. The molecule has 2 heterocycles. The van der Waals surface area contributed by atoms with Crippen LogP contribution in [0.15, 0.2) is 33.2 Å². The molecule has 0 saturated heterocycles.